The van der Waals surface area contributed by atoms with E-state index in [4.69, 9.17) is 26.4 Å². The molecule has 0 aromatic carbocycles. The van der Waals surface area contributed by atoms with Crippen LogP contribution in [0.4, 0.5) is 0 Å². The number of hydrogen-bond acceptors (Lipinski definition) is 7. The Bertz CT molecular complexity index is 852. The van der Waals surface area contributed by atoms with Crippen LogP contribution in [0, 0.1) is 0 Å². The molecule has 8 heteroatoms. The maximum Gasteiger partial charge on any atom is 0.305 e. The molecule has 0 aliphatic rings. The number of unbranched alkanes of at least 4 members (excludes halogenated alkanes) is 22. The lowest BCUT2D eigenvalue weighted by Gasteiger charge is -2.22. The number of carbonyl (C=O) groups is 2. The second-order valence-corrected chi connectivity index (χ2v) is 15.4. The van der Waals surface area contributed by atoms with E-state index in [9.17, 15) is 9.59 Å². The summed E-state index contributed by atoms with van der Waals surface area (Å²) in [5.41, 5.74) is 0. The van der Waals surface area contributed by atoms with Gasteiger partial charge in [0.05, 0.1) is 6.04 Å². The lowest BCUT2D eigenvalue weighted by atomic mass is 10.1. The molecule has 0 heterocycles. The van der Waals surface area contributed by atoms with Crippen molar-refractivity contribution in [3.05, 3.63) is 24.3 Å². The normalized spacial score (nSPS) is 12.2. The molecule has 0 radical (unpaired) electrons. The number of thiocarbonyl (C=S) groups is 1. The SMILES string of the molecule is CCCCCCCCC=CCCCCCCCC(=O)OCC(COC(=O)CCCCCCCC=CCCCCCCCC)NC(=S)OCCN(CC)CC. The number of hydrogen-bond donors (Lipinski definition) is 1. The minimum Gasteiger partial charge on any atom is -0.470 e. The molecule has 0 aliphatic carbocycles. The standard InChI is InChI=1S/C46H86N2O5S/c1-5-9-11-13-15-17-19-21-23-25-27-29-31-33-35-37-44(49)52-41-43(47-46(54)51-40-39-48(7-3)8-4)42-53-45(50)38-36-34-32-30-28-26-24-22-20-18-16-14-12-10-6-2/h21-24,43H,5-20,25-42H2,1-4H3,(H,47,54). The zero-order valence-corrected chi connectivity index (χ0v) is 36.6. The van der Waals surface area contributed by atoms with Crippen molar-refractivity contribution in [1.29, 1.82) is 0 Å². The number of nitrogens with zero attached hydrogens (tertiary/aromatic N) is 1. The summed E-state index contributed by atoms with van der Waals surface area (Å²) >= 11 is 5.42. The topological polar surface area (TPSA) is 77.1 Å². The van der Waals surface area contributed by atoms with Crippen LogP contribution in [-0.2, 0) is 23.8 Å². The number of ether oxygens (including phenoxy) is 3. The van der Waals surface area contributed by atoms with Crippen LogP contribution in [0.3, 0.4) is 0 Å². The average Bonchev–Trinajstić information content (AvgIpc) is 3.17. The molecule has 0 fully saturated rings. The number of nitrogens with one attached hydrogen (secondary N) is 1. The molecule has 0 aliphatic heterocycles. The van der Waals surface area contributed by atoms with Crippen LogP contribution in [0.5, 0.6) is 0 Å². The van der Waals surface area contributed by atoms with Gasteiger partial charge in [-0.1, -0.05) is 155 Å². The molecule has 0 aromatic rings. The molecule has 54 heavy (non-hydrogen) atoms. The van der Waals surface area contributed by atoms with Gasteiger partial charge in [-0.25, -0.2) is 0 Å². The molecular formula is C46H86N2O5S. The van der Waals surface area contributed by atoms with Gasteiger partial charge in [0.1, 0.15) is 19.8 Å². The fourth-order valence-electron chi connectivity index (χ4n) is 6.36. The van der Waals surface area contributed by atoms with Gasteiger partial charge >= 0.3 is 11.9 Å². The minimum atomic E-state index is -0.456. The van der Waals surface area contributed by atoms with E-state index in [1.54, 1.807) is 0 Å². The van der Waals surface area contributed by atoms with Crippen LogP contribution in [0.25, 0.3) is 0 Å². The zero-order valence-electron chi connectivity index (χ0n) is 35.8. The summed E-state index contributed by atoms with van der Waals surface area (Å²) in [4.78, 5) is 27.4. The minimum absolute atomic E-state index is 0.0735. The molecule has 0 bridgehead atoms. The van der Waals surface area contributed by atoms with Gasteiger partial charge < -0.3 is 24.4 Å². The Labute approximate surface area is 339 Å². The van der Waals surface area contributed by atoms with Gasteiger partial charge in [-0.15, -0.1) is 0 Å². The largest absolute Gasteiger partial charge is 0.470 e. The van der Waals surface area contributed by atoms with Crippen molar-refractivity contribution < 1.29 is 23.8 Å². The Hall–Kier alpha value is -1.93. The monoisotopic (exact) mass is 779 g/mol. The highest BCUT2D eigenvalue weighted by molar-refractivity contribution is 7.80. The van der Waals surface area contributed by atoms with Crippen LogP contribution in [0.1, 0.15) is 207 Å². The fraction of sp³-hybridized carbons (Fsp3) is 0.848. The molecule has 0 saturated heterocycles. The van der Waals surface area contributed by atoms with Crippen molar-refractivity contribution in [2.45, 2.75) is 214 Å². The van der Waals surface area contributed by atoms with Gasteiger partial charge in [-0.3, -0.25) is 9.59 Å². The average molecular weight is 779 g/mol. The van der Waals surface area contributed by atoms with E-state index in [0.717, 1.165) is 71.0 Å². The van der Waals surface area contributed by atoms with E-state index in [0.29, 0.717) is 19.4 Å². The summed E-state index contributed by atoms with van der Waals surface area (Å²) in [5.74, 6) is -0.458. The van der Waals surface area contributed by atoms with Gasteiger partial charge in [0.15, 0.2) is 0 Å². The maximum atomic E-state index is 12.5. The van der Waals surface area contributed by atoms with Crippen LogP contribution in [0.15, 0.2) is 24.3 Å². The van der Waals surface area contributed by atoms with Crippen molar-refractivity contribution in [3.63, 3.8) is 0 Å². The summed E-state index contributed by atoms with van der Waals surface area (Å²) in [6.07, 6.45) is 41.9. The second-order valence-electron chi connectivity index (χ2n) is 15.0. The maximum absolute atomic E-state index is 12.5. The van der Waals surface area contributed by atoms with E-state index < -0.39 is 6.04 Å². The number of rotatable bonds is 40. The second kappa shape index (κ2) is 42.2. The molecule has 0 aromatic heterocycles. The van der Waals surface area contributed by atoms with Crippen molar-refractivity contribution in [2.24, 2.45) is 0 Å². The van der Waals surface area contributed by atoms with Crippen LogP contribution >= 0.6 is 12.2 Å². The van der Waals surface area contributed by atoms with Crippen LogP contribution < -0.4 is 5.32 Å². The Morgan fingerprint density at radius 3 is 1.24 bits per heavy atom. The Morgan fingerprint density at radius 2 is 0.870 bits per heavy atom. The van der Waals surface area contributed by atoms with Crippen LogP contribution in [0.2, 0.25) is 0 Å². The van der Waals surface area contributed by atoms with Crippen molar-refractivity contribution in [1.82, 2.24) is 10.2 Å². The number of esters is 2. The molecule has 316 valence electrons. The first-order valence-electron chi connectivity index (χ1n) is 22.7. The lowest BCUT2D eigenvalue weighted by Crippen LogP contribution is -2.43. The molecule has 0 saturated carbocycles. The van der Waals surface area contributed by atoms with Gasteiger partial charge in [0.25, 0.3) is 5.17 Å². The third kappa shape index (κ3) is 38.3. The first-order valence-corrected chi connectivity index (χ1v) is 23.1. The van der Waals surface area contributed by atoms with E-state index in [2.05, 4.69) is 62.2 Å². The van der Waals surface area contributed by atoms with E-state index in [-0.39, 0.29) is 30.3 Å². The molecule has 7 nitrogen and oxygen atoms in total. The van der Waals surface area contributed by atoms with E-state index in [1.165, 1.54) is 116 Å². The van der Waals surface area contributed by atoms with Gasteiger partial charge in [-0.05, 0) is 89.5 Å². The molecular weight excluding hydrogens is 693 g/mol. The lowest BCUT2D eigenvalue weighted by molar-refractivity contribution is -0.147. The molecule has 1 N–H and O–H groups in total. The summed E-state index contributed by atoms with van der Waals surface area (Å²) in [7, 11) is 0. The van der Waals surface area contributed by atoms with E-state index >= 15 is 0 Å². The quantitative estimate of drug-likeness (QED) is 0.0285. The highest BCUT2D eigenvalue weighted by atomic mass is 32.1. The molecule has 0 unspecified atom stereocenters. The number of allylic oxidation sites excluding steroid dienone is 4. The Kier molecular flexibility index (Phi) is 40.7. The smallest absolute Gasteiger partial charge is 0.305 e. The molecule has 0 spiro atoms. The third-order valence-electron chi connectivity index (χ3n) is 10.0. The van der Waals surface area contributed by atoms with Crippen LogP contribution in [-0.4, -0.2) is 67.5 Å². The summed E-state index contributed by atoms with van der Waals surface area (Å²) in [5, 5.41) is 3.34. The summed E-state index contributed by atoms with van der Waals surface area (Å²) in [6.45, 7) is 12.0. The summed E-state index contributed by atoms with van der Waals surface area (Å²) < 4.78 is 16.9. The fourth-order valence-corrected chi connectivity index (χ4v) is 6.61. The summed E-state index contributed by atoms with van der Waals surface area (Å²) in [6, 6.07) is -0.456. The number of carbonyl (C=O) groups excluding carboxylic acids is 2. The van der Waals surface area contributed by atoms with Gasteiger partial charge in [0.2, 0.25) is 0 Å². The van der Waals surface area contributed by atoms with Crippen molar-refractivity contribution >= 4 is 29.3 Å². The van der Waals surface area contributed by atoms with Crippen molar-refractivity contribution in [3.8, 4) is 0 Å². The van der Waals surface area contributed by atoms with Crippen molar-refractivity contribution in [2.75, 3.05) is 39.5 Å². The predicted molar refractivity (Wildman–Crippen MR) is 234 cm³/mol. The first kappa shape index (κ1) is 52.1. The predicted octanol–water partition coefficient (Wildman–Crippen LogP) is 12.7. The Balaban J connectivity index is 4.27. The molecule has 0 rings (SSSR count). The van der Waals surface area contributed by atoms with Gasteiger partial charge in [-0.2, -0.15) is 0 Å². The van der Waals surface area contributed by atoms with Gasteiger partial charge in [0, 0.05) is 19.4 Å². The molecule has 0 atom stereocenters. The molecule has 0 amide bonds. The highest BCUT2D eigenvalue weighted by Gasteiger charge is 2.17. The zero-order chi connectivity index (χ0) is 39.6. The Morgan fingerprint density at radius 1 is 0.519 bits per heavy atom. The number of likely N-dealkylation sites (N-methyl/N-ethyl adjacent to an activating group) is 1. The first-order chi connectivity index (χ1) is 26.5. The van der Waals surface area contributed by atoms with E-state index in [1.807, 2.05) is 0 Å². The highest BCUT2D eigenvalue weighted by Crippen LogP contribution is 2.12. The third-order valence-corrected chi connectivity index (χ3v) is 10.3.